The topological polar surface area (TPSA) is 141 Å². The van der Waals surface area contributed by atoms with Crippen LogP contribution in [0.5, 0.6) is 0 Å². The minimum atomic E-state index is -4.67. The molecule has 0 aliphatic rings. The molecule has 0 bridgehead atoms. The highest BCUT2D eigenvalue weighted by atomic mass is 32.3. The Morgan fingerprint density at radius 3 is 1.23 bits per heavy atom. The molecule has 0 atom stereocenters. The van der Waals surface area contributed by atoms with E-state index >= 15 is 0 Å². The molecule has 0 aliphatic heterocycles. The molecule has 8 heteroatoms. The number of unbranched alkanes of at least 4 members (excludes halogenated alkanes) is 9. The Balaban J connectivity index is -0.000000330. The molecular weight excluding hydrogens is 310 g/mol. The smallest absolute Gasteiger partial charge is 0.394 e. The number of aliphatic hydroxyl groups excluding tert-OH is 2. The zero-order chi connectivity index (χ0) is 17.7. The molecule has 0 unspecified atom stereocenters. The molecule has 0 spiro atoms. The van der Waals surface area contributed by atoms with Crippen molar-refractivity contribution >= 4 is 10.4 Å². The van der Waals surface area contributed by atoms with E-state index in [1.165, 1.54) is 57.8 Å². The number of aliphatic hydroxyl groups is 2. The number of rotatable bonds is 11. The Kier molecular flexibility index (Phi) is 27.9. The quantitative estimate of drug-likeness (QED) is 0.285. The maximum Gasteiger partial charge on any atom is 0.394 e. The minimum Gasteiger partial charge on any atom is -0.396 e. The highest BCUT2D eigenvalue weighted by molar-refractivity contribution is 7.79. The lowest BCUT2D eigenvalue weighted by Gasteiger charge is -2.00. The van der Waals surface area contributed by atoms with Gasteiger partial charge in [-0.15, -0.1) is 0 Å². The van der Waals surface area contributed by atoms with Crippen LogP contribution in [0.15, 0.2) is 0 Å². The van der Waals surface area contributed by atoms with Crippen molar-refractivity contribution < 1.29 is 27.7 Å². The summed E-state index contributed by atoms with van der Waals surface area (Å²) in [5.41, 5.74) is 4.78. The normalized spacial score (nSPS) is 10.3. The third-order valence-corrected chi connectivity index (χ3v) is 2.64. The van der Waals surface area contributed by atoms with E-state index in [1.54, 1.807) is 0 Å². The van der Waals surface area contributed by atoms with Crippen molar-refractivity contribution in [2.75, 3.05) is 19.8 Å². The van der Waals surface area contributed by atoms with Crippen LogP contribution in [0.4, 0.5) is 0 Å². The monoisotopic (exact) mass is 345 g/mol. The first-order valence-electron chi connectivity index (χ1n) is 7.95. The Morgan fingerprint density at radius 1 is 0.727 bits per heavy atom. The van der Waals surface area contributed by atoms with Gasteiger partial charge in [0.25, 0.3) is 0 Å². The van der Waals surface area contributed by atoms with Gasteiger partial charge in [-0.2, -0.15) is 8.42 Å². The van der Waals surface area contributed by atoms with E-state index in [2.05, 4.69) is 6.92 Å². The van der Waals surface area contributed by atoms with Gasteiger partial charge in [-0.25, -0.2) is 0 Å². The summed E-state index contributed by atoms with van der Waals surface area (Å²) >= 11 is 0. The van der Waals surface area contributed by atoms with Crippen LogP contribution in [0.1, 0.15) is 71.1 Å². The van der Waals surface area contributed by atoms with Crippen LogP contribution in [0.3, 0.4) is 0 Å². The van der Waals surface area contributed by atoms with Gasteiger partial charge in [0.1, 0.15) is 0 Å². The molecule has 0 aromatic heterocycles. The summed E-state index contributed by atoms with van der Waals surface area (Å²) in [6, 6.07) is 0. The first-order valence-corrected chi connectivity index (χ1v) is 9.34. The molecule has 0 amide bonds. The summed E-state index contributed by atoms with van der Waals surface area (Å²) in [5, 5.41) is 16.3. The Hall–Kier alpha value is -0.250. The van der Waals surface area contributed by atoms with Crippen molar-refractivity contribution in [2.24, 2.45) is 5.73 Å². The Labute approximate surface area is 135 Å². The summed E-state index contributed by atoms with van der Waals surface area (Å²) < 4.78 is 31.6. The second kappa shape index (κ2) is 23.0. The molecule has 0 aromatic rings. The van der Waals surface area contributed by atoms with Crippen LogP contribution in [-0.2, 0) is 10.4 Å². The molecule has 0 saturated heterocycles. The van der Waals surface area contributed by atoms with E-state index in [4.69, 9.17) is 33.5 Å². The maximum absolute atomic E-state index is 8.74. The summed E-state index contributed by atoms with van der Waals surface area (Å²) in [5.74, 6) is 0. The van der Waals surface area contributed by atoms with Crippen molar-refractivity contribution in [1.29, 1.82) is 0 Å². The molecular formula is C14H35NO6S. The average Bonchev–Trinajstić information content (AvgIpc) is 2.44. The van der Waals surface area contributed by atoms with Crippen molar-refractivity contribution in [3.05, 3.63) is 0 Å². The van der Waals surface area contributed by atoms with Gasteiger partial charge in [-0.05, 0) is 6.42 Å². The van der Waals surface area contributed by atoms with Crippen LogP contribution in [-0.4, -0.2) is 47.5 Å². The van der Waals surface area contributed by atoms with E-state index in [9.17, 15) is 0 Å². The second-order valence-corrected chi connectivity index (χ2v) is 5.76. The van der Waals surface area contributed by atoms with Crippen LogP contribution in [0.25, 0.3) is 0 Å². The van der Waals surface area contributed by atoms with Crippen molar-refractivity contribution in [1.82, 2.24) is 0 Å². The third kappa shape index (κ3) is 60.1. The zero-order valence-electron chi connectivity index (χ0n) is 13.8. The molecule has 0 saturated carbocycles. The van der Waals surface area contributed by atoms with Gasteiger partial charge in [-0.3, -0.25) is 9.11 Å². The predicted octanol–water partition coefficient (Wildman–Crippen LogP) is 2.18. The summed E-state index contributed by atoms with van der Waals surface area (Å²) in [6.07, 6.45) is 13.3. The fourth-order valence-corrected chi connectivity index (χ4v) is 1.60. The first kappa shape index (κ1) is 26.6. The number of hydrogen-bond donors (Lipinski definition) is 5. The molecule has 0 aromatic carbocycles. The van der Waals surface area contributed by atoms with Gasteiger partial charge in [-0.1, -0.05) is 64.7 Å². The largest absolute Gasteiger partial charge is 0.396 e. The van der Waals surface area contributed by atoms with Crippen molar-refractivity contribution in [3.63, 3.8) is 0 Å². The molecule has 0 radical (unpaired) electrons. The average molecular weight is 346 g/mol. The lowest BCUT2D eigenvalue weighted by Crippen LogP contribution is -2.02. The highest BCUT2D eigenvalue weighted by Gasteiger charge is 1.91. The molecule has 0 rings (SSSR count). The molecule has 0 fully saturated rings. The van der Waals surface area contributed by atoms with E-state index in [1.807, 2.05) is 0 Å². The van der Waals surface area contributed by atoms with E-state index in [0.717, 1.165) is 6.42 Å². The van der Waals surface area contributed by atoms with Gasteiger partial charge < -0.3 is 15.9 Å². The number of hydrogen-bond acceptors (Lipinski definition) is 5. The van der Waals surface area contributed by atoms with Crippen molar-refractivity contribution in [2.45, 2.75) is 71.1 Å². The standard InChI is InChI=1S/C12H26O.C2H7NO.H2O4S/c1-2-3-4-5-6-7-8-9-10-11-12-13;3-1-2-4;1-5(2,3)4/h13H,2-12H2,1H3;4H,1-3H2;(H2,1,2,3,4). The molecule has 22 heavy (non-hydrogen) atoms. The molecule has 0 heterocycles. The summed E-state index contributed by atoms with van der Waals surface area (Å²) in [4.78, 5) is 0. The van der Waals surface area contributed by atoms with Gasteiger partial charge >= 0.3 is 10.4 Å². The van der Waals surface area contributed by atoms with Gasteiger partial charge in [0.05, 0.1) is 6.61 Å². The van der Waals surface area contributed by atoms with E-state index < -0.39 is 10.4 Å². The van der Waals surface area contributed by atoms with Crippen LogP contribution in [0.2, 0.25) is 0 Å². The first-order chi connectivity index (χ1) is 10.3. The zero-order valence-corrected chi connectivity index (χ0v) is 14.6. The second-order valence-electron chi connectivity index (χ2n) is 4.87. The van der Waals surface area contributed by atoms with Crippen LogP contribution in [0, 0.1) is 0 Å². The summed E-state index contributed by atoms with van der Waals surface area (Å²) in [7, 11) is -4.67. The molecule has 138 valence electrons. The summed E-state index contributed by atoms with van der Waals surface area (Å²) in [6.45, 7) is 3.10. The number of nitrogens with two attached hydrogens (primary N) is 1. The Morgan fingerprint density at radius 2 is 1.00 bits per heavy atom. The van der Waals surface area contributed by atoms with E-state index in [-0.39, 0.29) is 6.61 Å². The van der Waals surface area contributed by atoms with Crippen LogP contribution < -0.4 is 5.73 Å². The molecule has 0 aliphatic carbocycles. The maximum atomic E-state index is 8.74. The van der Waals surface area contributed by atoms with E-state index in [0.29, 0.717) is 13.2 Å². The fourth-order valence-electron chi connectivity index (χ4n) is 1.60. The van der Waals surface area contributed by atoms with Crippen LogP contribution >= 0.6 is 0 Å². The molecule has 7 nitrogen and oxygen atoms in total. The predicted molar refractivity (Wildman–Crippen MR) is 89.2 cm³/mol. The minimum absolute atomic E-state index is 0.0972. The lowest BCUT2D eigenvalue weighted by atomic mass is 10.1. The molecule has 6 N–H and O–H groups in total. The third-order valence-electron chi connectivity index (χ3n) is 2.64. The van der Waals surface area contributed by atoms with Gasteiger partial charge in [0.15, 0.2) is 0 Å². The van der Waals surface area contributed by atoms with Crippen molar-refractivity contribution in [3.8, 4) is 0 Å². The van der Waals surface area contributed by atoms with Gasteiger partial charge in [0, 0.05) is 13.2 Å². The lowest BCUT2D eigenvalue weighted by molar-refractivity contribution is 0.282. The SMILES string of the molecule is CCCCCCCCCCCCO.NCCO.O=S(=O)(O)O. The Bertz CT molecular complexity index is 253. The van der Waals surface area contributed by atoms with Gasteiger partial charge in [0.2, 0.25) is 0 Å². The highest BCUT2D eigenvalue weighted by Crippen LogP contribution is 2.09. The fraction of sp³-hybridized carbons (Fsp3) is 1.00.